The van der Waals surface area contributed by atoms with Crippen LogP contribution in [0.1, 0.15) is 41.0 Å². The molecule has 0 aliphatic rings. The summed E-state index contributed by atoms with van der Waals surface area (Å²) in [4.78, 5) is 34.1. The number of nitrogens with two attached hydrogens (primary N) is 1. The number of Topliss-reactive ketones (excluding diaryl/α,β-unsaturated/α-hetero) is 1. The summed E-state index contributed by atoms with van der Waals surface area (Å²) in [6.45, 7) is 10.4. The van der Waals surface area contributed by atoms with Gasteiger partial charge in [-0.3, -0.25) is 9.59 Å². The largest absolute Gasteiger partial charge is 0.353 e. The first-order chi connectivity index (χ1) is 10.7. The lowest BCUT2D eigenvalue weighted by atomic mass is 10.0. The van der Waals surface area contributed by atoms with E-state index in [1.54, 1.807) is 13.8 Å². The Kier molecular flexibility index (Phi) is 15.5. The van der Waals surface area contributed by atoms with Crippen LogP contribution in [0.2, 0.25) is 0 Å². The number of aldehydes is 1. The van der Waals surface area contributed by atoms with Crippen LogP contribution in [0.15, 0.2) is 0 Å². The smallest absolute Gasteiger partial charge is 0.233 e. The molecular weight excluding hydrogens is 314 g/mol. The van der Waals surface area contributed by atoms with Crippen molar-refractivity contribution in [3.8, 4) is 0 Å². The maximum Gasteiger partial charge on any atom is 0.233 e. The third-order valence-corrected chi connectivity index (χ3v) is 4.16. The molecule has 0 radical (unpaired) electrons. The van der Waals surface area contributed by atoms with Gasteiger partial charge in [0, 0.05) is 24.1 Å². The molecule has 0 heterocycles. The highest BCUT2D eigenvalue weighted by Crippen LogP contribution is 2.16. The van der Waals surface area contributed by atoms with E-state index in [0.717, 1.165) is 6.54 Å². The van der Waals surface area contributed by atoms with E-state index in [0.29, 0.717) is 12.0 Å². The highest BCUT2D eigenvalue weighted by Gasteiger charge is 2.23. The lowest BCUT2D eigenvalue weighted by Gasteiger charge is -2.18. The molecule has 0 saturated heterocycles. The van der Waals surface area contributed by atoms with Gasteiger partial charge in [0.2, 0.25) is 5.91 Å². The van der Waals surface area contributed by atoms with Gasteiger partial charge in [-0.15, -0.1) is 11.8 Å². The van der Waals surface area contributed by atoms with Crippen molar-refractivity contribution >= 4 is 29.7 Å². The SMILES string of the molecule is CC(C)NC(=O)C(CC=O)SCC(N)C(=O)C(C)C.CCNC. The quantitative estimate of drug-likeness (QED) is 0.509. The Labute approximate surface area is 144 Å². The Morgan fingerprint density at radius 3 is 2.09 bits per heavy atom. The van der Waals surface area contributed by atoms with Gasteiger partial charge in [0.25, 0.3) is 0 Å². The van der Waals surface area contributed by atoms with Crippen molar-refractivity contribution in [2.45, 2.75) is 58.4 Å². The van der Waals surface area contributed by atoms with Crippen LogP contribution in [0.4, 0.5) is 0 Å². The molecule has 6 nitrogen and oxygen atoms in total. The van der Waals surface area contributed by atoms with Gasteiger partial charge < -0.3 is 21.2 Å². The Morgan fingerprint density at radius 2 is 1.74 bits per heavy atom. The molecule has 2 unspecified atom stereocenters. The minimum atomic E-state index is -0.592. The molecule has 0 aliphatic carbocycles. The van der Waals surface area contributed by atoms with Gasteiger partial charge >= 0.3 is 0 Å². The van der Waals surface area contributed by atoms with E-state index in [1.165, 1.54) is 11.8 Å². The van der Waals surface area contributed by atoms with E-state index in [9.17, 15) is 14.4 Å². The number of nitrogens with one attached hydrogen (secondary N) is 2. The molecule has 23 heavy (non-hydrogen) atoms. The zero-order valence-electron chi connectivity index (χ0n) is 15.2. The molecule has 0 aromatic heterocycles. The van der Waals surface area contributed by atoms with Crippen LogP contribution in [0.3, 0.4) is 0 Å². The van der Waals surface area contributed by atoms with Gasteiger partial charge in [0.15, 0.2) is 5.78 Å². The summed E-state index contributed by atoms with van der Waals surface area (Å²) in [6.07, 6.45) is 0.846. The molecule has 1 amide bonds. The molecule has 0 aromatic rings. The average Bonchev–Trinajstić information content (AvgIpc) is 2.49. The lowest BCUT2D eigenvalue weighted by molar-refractivity contribution is -0.123. The third-order valence-electron chi connectivity index (χ3n) is 2.80. The maximum absolute atomic E-state index is 11.8. The molecule has 0 fully saturated rings. The highest BCUT2D eigenvalue weighted by molar-refractivity contribution is 8.00. The fourth-order valence-corrected chi connectivity index (χ4v) is 2.48. The first-order valence-electron chi connectivity index (χ1n) is 8.00. The molecule has 4 N–H and O–H groups in total. The summed E-state index contributed by atoms with van der Waals surface area (Å²) in [5.74, 6) is 0.0173. The Bertz CT molecular complexity index is 347. The molecule has 136 valence electrons. The summed E-state index contributed by atoms with van der Waals surface area (Å²) >= 11 is 1.26. The molecule has 0 spiro atoms. The molecule has 0 aliphatic heterocycles. The molecular formula is C16H33N3O3S. The van der Waals surface area contributed by atoms with Crippen molar-refractivity contribution in [1.29, 1.82) is 0 Å². The Hall–Kier alpha value is -0.920. The second-order valence-corrected chi connectivity index (χ2v) is 6.99. The van der Waals surface area contributed by atoms with Crippen LogP contribution in [0.25, 0.3) is 0 Å². The van der Waals surface area contributed by atoms with Crippen LogP contribution in [-0.4, -0.2) is 54.7 Å². The summed E-state index contributed by atoms with van der Waals surface area (Å²) < 4.78 is 0. The average molecular weight is 348 g/mol. The van der Waals surface area contributed by atoms with E-state index in [4.69, 9.17) is 5.73 Å². The van der Waals surface area contributed by atoms with Gasteiger partial charge in [-0.2, -0.15) is 0 Å². The van der Waals surface area contributed by atoms with E-state index in [2.05, 4.69) is 17.6 Å². The predicted molar refractivity (Wildman–Crippen MR) is 97.6 cm³/mol. The van der Waals surface area contributed by atoms with Gasteiger partial charge in [0.05, 0.1) is 11.3 Å². The molecule has 0 saturated carbocycles. The van der Waals surface area contributed by atoms with Crippen molar-refractivity contribution in [2.24, 2.45) is 11.7 Å². The minimum Gasteiger partial charge on any atom is -0.353 e. The number of thioether (sulfide) groups is 1. The highest BCUT2D eigenvalue weighted by atomic mass is 32.2. The van der Waals surface area contributed by atoms with Gasteiger partial charge in [-0.1, -0.05) is 20.8 Å². The minimum absolute atomic E-state index is 0.0215. The molecule has 0 bridgehead atoms. The van der Waals surface area contributed by atoms with Gasteiger partial charge in [-0.05, 0) is 27.4 Å². The van der Waals surface area contributed by atoms with Gasteiger partial charge in [-0.25, -0.2) is 0 Å². The fraction of sp³-hybridized carbons (Fsp3) is 0.812. The topological polar surface area (TPSA) is 101 Å². The van der Waals surface area contributed by atoms with E-state index in [1.807, 2.05) is 20.9 Å². The zero-order chi connectivity index (χ0) is 18.4. The van der Waals surface area contributed by atoms with Crippen molar-refractivity contribution in [3.05, 3.63) is 0 Å². The number of hydrogen-bond acceptors (Lipinski definition) is 6. The van der Waals surface area contributed by atoms with Crippen molar-refractivity contribution in [2.75, 3.05) is 19.3 Å². The Morgan fingerprint density at radius 1 is 1.22 bits per heavy atom. The molecule has 2 atom stereocenters. The van der Waals surface area contributed by atoms with Crippen molar-refractivity contribution < 1.29 is 14.4 Å². The number of carbonyl (C=O) groups is 3. The van der Waals surface area contributed by atoms with E-state index in [-0.39, 0.29) is 30.1 Å². The number of amides is 1. The number of rotatable bonds is 10. The number of hydrogen-bond donors (Lipinski definition) is 3. The monoisotopic (exact) mass is 347 g/mol. The van der Waals surface area contributed by atoms with E-state index < -0.39 is 11.3 Å². The third kappa shape index (κ3) is 13.2. The number of ketones is 1. The zero-order valence-corrected chi connectivity index (χ0v) is 16.0. The number of carbonyl (C=O) groups excluding carboxylic acids is 3. The molecule has 0 aromatic carbocycles. The van der Waals surface area contributed by atoms with Crippen molar-refractivity contribution in [1.82, 2.24) is 10.6 Å². The Balaban J connectivity index is 0. The summed E-state index contributed by atoms with van der Waals surface area (Å²) in [5, 5.41) is 5.21. The summed E-state index contributed by atoms with van der Waals surface area (Å²) in [7, 11) is 1.93. The first-order valence-corrected chi connectivity index (χ1v) is 9.05. The standard InChI is InChI=1S/C13H24N2O3S.C3H9N/c1-8(2)12(17)10(14)7-19-11(5-6-16)13(18)15-9(3)4;1-3-4-2/h6,8-11H,5,7,14H2,1-4H3,(H,15,18);4H,3H2,1-2H3. The van der Waals surface area contributed by atoms with Crippen molar-refractivity contribution in [3.63, 3.8) is 0 Å². The van der Waals surface area contributed by atoms with Crippen LogP contribution >= 0.6 is 11.8 Å². The normalized spacial score (nSPS) is 13.1. The second kappa shape index (κ2) is 14.7. The predicted octanol–water partition coefficient (Wildman–Crippen LogP) is 0.980. The molecule has 7 heteroatoms. The molecule has 0 rings (SSSR count). The maximum atomic E-state index is 11.8. The first kappa shape index (κ1) is 24.3. The van der Waals surface area contributed by atoms with Gasteiger partial charge in [0.1, 0.15) is 6.29 Å². The lowest BCUT2D eigenvalue weighted by Crippen LogP contribution is -2.40. The van der Waals surface area contributed by atoms with E-state index >= 15 is 0 Å². The summed E-state index contributed by atoms with van der Waals surface area (Å²) in [5.41, 5.74) is 5.77. The van der Waals surface area contributed by atoms with Crippen LogP contribution in [0, 0.1) is 5.92 Å². The van der Waals surface area contributed by atoms with Crippen LogP contribution in [-0.2, 0) is 14.4 Å². The van der Waals surface area contributed by atoms with Crippen LogP contribution < -0.4 is 16.4 Å². The second-order valence-electron chi connectivity index (χ2n) is 5.76. The van der Waals surface area contributed by atoms with Crippen LogP contribution in [0.5, 0.6) is 0 Å². The fourth-order valence-electron chi connectivity index (χ4n) is 1.45. The summed E-state index contributed by atoms with van der Waals surface area (Å²) in [6, 6.07) is -0.570.